The van der Waals surface area contributed by atoms with Crippen molar-refractivity contribution in [3.05, 3.63) is 42.7 Å². The molecule has 3 rings (SSSR count). The van der Waals surface area contributed by atoms with Gasteiger partial charge in [-0.3, -0.25) is 9.78 Å². The van der Waals surface area contributed by atoms with Crippen molar-refractivity contribution in [3.63, 3.8) is 0 Å². The van der Waals surface area contributed by atoms with Crippen LogP contribution in [-0.2, 0) is 0 Å². The van der Waals surface area contributed by atoms with Gasteiger partial charge in [-0.2, -0.15) is 0 Å². The molecule has 2 atom stereocenters. The fourth-order valence-electron chi connectivity index (χ4n) is 2.94. The first kappa shape index (κ1) is 13.8. The third kappa shape index (κ3) is 3.29. The number of hydrogen-bond donors (Lipinski definition) is 1. The number of amides is 1. The van der Waals surface area contributed by atoms with Crippen LogP contribution in [0.1, 0.15) is 43.1 Å². The van der Waals surface area contributed by atoms with E-state index in [1.165, 1.54) is 12.8 Å². The van der Waals surface area contributed by atoms with E-state index in [9.17, 15) is 4.79 Å². The first-order valence-corrected chi connectivity index (χ1v) is 7.47. The Kier molecular flexibility index (Phi) is 3.99. The van der Waals surface area contributed by atoms with Gasteiger partial charge in [0, 0.05) is 24.6 Å². The molecule has 0 saturated heterocycles. The van der Waals surface area contributed by atoms with Crippen LogP contribution < -0.4 is 5.32 Å². The summed E-state index contributed by atoms with van der Waals surface area (Å²) in [5.74, 6) is 0.602. The topological polar surface area (TPSA) is 59.8 Å². The predicted octanol–water partition coefficient (Wildman–Crippen LogP) is 2.58. The first-order valence-electron chi connectivity index (χ1n) is 7.47. The molecule has 1 aliphatic rings. The zero-order chi connectivity index (χ0) is 14.7. The van der Waals surface area contributed by atoms with E-state index < -0.39 is 0 Å². The van der Waals surface area contributed by atoms with Gasteiger partial charge in [-0.25, -0.2) is 4.98 Å². The molecule has 110 valence electrons. The quantitative estimate of drug-likeness (QED) is 0.942. The molecule has 1 aliphatic carbocycles. The van der Waals surface area contributed by atoms with Gasteiger partial charge in [-0.15, -0.1) is 0 Å². The van der Waals surface area contributed by atoms with Crippen molar-refractivity contribution in [2.24, 2.45) is 5.92 Å². The monoisotopic (exact) mass is 284 g/mol. The molecule has 0 spiro atoms. The van der Waals surface area contributed by atoms with Gasteiger partial charge in [0.2, 0.25) is 0 Å². The summed E-state index contributed by atoms with van der Waals surface area (Å²) in [7, 11) is 0. The van der Waals surface area contributed by atoms with Crippen molar-refractivity contribution in [2.45, 2.75) is 38.6 Å². The minimum atomic E-state index is -0.0870. The fraction of sp³-hybridized carbons (Fsp3) is 0.438. The van der Waals surface area contributed by atoms with Gasteiger partial charge >= 0.3 is 0 Å². The molecule has 5 heteroatoms. The number of hydrogen-bond acceptors (Lipinski definition) is 3. The Morgan fingerprint density at radius 1 is 1.38 bits per heavy atom. The second-order valence-electron chi connectivity index (χ2n) is 5.81. The van der Waals surface area contributed by atoms with E-state index in [0.717, 1.165) is 18.5 Å². The lowest BCUT2D eigenvalue weighted by molar-refractivity contribution is 0.0916. The van der Waals surface area contributed by atoms with E-state index in [1.54, 1.807) is 24.8 Å². The van der Waals surface area contributed by atoms with Gasteiger partial charge < -0.3 is 9.88 Å². The van der Waals surface area contributed by atoms with Crippen molar-refractivity contribution in [1.82, 2.24) is 19.9 Å². The Morgan fingerprint density at radius 2 is 2.29 bits per heavy atom. The number of aromatic nitrogens is 3. The van der Waals surface area contributed by atoms with Gasteiger partial charge in [-0.05, 0) is 30.9 Å². The van der Waals surface area contributed by atoms with Crippen LogP contribution in [-0.4, -0.2) is 26.5 Å². The van der Waals surface area contributed by atoms with Crippen LogP contribution in [0.2, 0.25) is 0 Å². The molecular weight excluding hydrogens is 264 g/mol. The molecule has 0 radical (unpaired) electrons. The molecule has 1 amide bonds. The summed E-state index contributed by atoms with van der Waals surface area (Å²) in [6, 6.07) is 3.93. The van der Waals surface area contributed by atoms with E-state index in [4.69, 9.17) is 0 Å². The lowest BCUT2D eigenvalue weighted by Crippen LogP contribution is -2.38. The van der Waals surface area contributed by atoms with Crippen LogP contribution in [0.3, 0.4) is 0 Å². The molecule has 0 aromatic carbocycles. The van der Waals surface area contributed by atoms with E-state index in [1.807, 2.05) is 16.8 Å². The van der Waals surface area contributed by atoms with Crippen LogP contribution in [0.5, 0.6) is 0 Å². The lowest BCUT2D eigenvalue weighted by atomic mass is 9.87. The Labute approximate surface area is 124 Å². The minimum absolute atomic E-state index is 0.0870. The number of carbonyl (C=O) groups is 1. The SMILES string of the molecule is CC1CCCC(NC(=O)c2cc(-n3ccnc3)ccn2)C1. The molecule has 2 aromatic rings. The van der Waals surface area contributed by atoms with Crippen molar-refractivity contribution in [2.75, 3.05) is 0 Å². The van der Waals surface area contributed by atoms with E-state index >= 15 is 0 Å². The highest BCUT2D eigenvalue weighted by Gasteiger charge is 2.21. The Bertz CT molecular complexity index is 608. The Morgan fingerprint density at radius 3 is 3.05 bits per heavy atom. The van der Waals surface area contributed by atoms with E-state index in [0.29, 0.717) is 11.6 Å². The summed E-state index contributed by atoms with van der Waals surface area (Å²) in [5, 5.41) is 3.11. The maximum Gasteiger partial charge on any atom is 0.270 e. The Hall–Kier alpha value is -2.17. The predicted molar refractivity (Wildman–Crippen MR) is 80.2 cm³/mol. The molecule has 5 nitrogen and oxygen atoms in total. The lowest BCUT2D eigenvalue weighted by Gasteiger charge is -2.27. The largest absolute Gasteiger partial charge is 0.348 e. The molecule has 1 fully saturated rings. The fourth-order valence-corrected chi connectivity index (χ4v) is 2.94. The van der Waals surface area contributed by atoms with E-state index in [-0.39, 0.29) is 11.9 Å². The molecule has 0 bridgehead atoms. The molecule has 1 N–H and O–H groups in total. The minimum Gasteiger partial charge on any atom is -0.348 e. The summed E-state index contributed by atoms with van der Waals surface area (Å²) in [4.78, 5) is 20.5. The third-order valence-corrected chi connectivity index (χ3v) is 4.05. The number of pyridine rings is 1. The van der Waals surface area contributed by atoms with Gasteiger partial charge in [0.1, 0.15) is 5.69 Å². The van der Waals surface area contributed by atoms with Crippen molar-refractivity contribution in [1.29, 1.82) is 0 Å². The smallest absolute Gasteiger partial charge is 0.270 e. The Balaban J connectivity index is 1.71. The molecular formula is C16H20N4O. The highest BCUT2D eigenvalue weighted by molar-refractivity contribution is 5.92. The van der Waals surface area contributed by atoms with Crippen LogP contribution in [0.15, 0.2) is 37.1 Å². The maximum absolute atomic E-state index is 12.3. The van der Waals surface area contributed by atoms with E-state index in [2.05, 4.69) is 22.2 Å². The average molecular weight is 284 g/mol. The molecule has 2 aromatic heterocycles. The zero-order valence-corrected chi connectivity index (χ0v) is 12.2. The van der Waals surface area contributed by atoms with Gasteiger partial charge in [0.05, 0.1) is 12.0 Å². The highest BCUT2D eigenvalue weighted by Crippen LogP contribution is 2.23. The first-order chi connectivity index (χ1) is 10.2. The molecule has 2 heterocycles. The van der Waals surface area contributed by atoms with Crippen molar-refractivity contribution in [3.8, 4) is 5.69 Å². The van der Waals surface area contributed by atoms with Crippen molar-refractivity contribution < 1.29 is 4.79 Å². The van der Waals surface area contributed by atoms with Gasteiger partial charge in [0.25, 0.3) is 5.91 Å². The standard InChI is InChI=1S/C16H20N4O/c1-12-3-2-4-13(9-12)19-16(21)15-10-14(5-6-18-15)20-8-7-17-11-20/h5-8,10-13H,2-4,9H2,1H3,(H,19,21). The second-order valence-corrected chi connectivity index (χ2v) is 5.81. The molecule has 21 heavy (non-hydrogen) atoms. The molecule has 2 unspecified atom stereocenters. The van der Waals surface area contributed by atoms with Crippen LogP contribution >= 0.6 is 0 Å². The molecule has 1 saturated carbocycles. The normalized spacial score (nSPS) is 22.0. The second kappa shape index (κ2) is 6.08. The summed E-state index contributed by atoms with van der Waals surface area (Å²) in [6.45, 7) is 2.25. The highest BCUT2D eigenvalue weighted by atomic mass is 16.1. The summed E-state index contributed by atoms with van der Waals surface area (Å²) in [5.41, 5.74) is 1.35. The number of nitrogens with zero attached hydrogens (tertiary/aromatic N) is 3. The average Bonchev–Trinajstić information content (AvgIpc) is 3.02. The third-order valence-electron chi connectivity index (χ3n) is 4.05. The zero-order valence-electron chi connectivity index (χ0n) is 12.2. The number of nitrogens with one attached hydrogen (secondary N) is 1. The molecule has 0 aliphatic heterocycles. The van der Waals surface area contributed by atoms with Crippen LogP contribution in [0.25, 0.3) is 5.69 Å². The van der Waals surface area contributed by atoms with Gasteiger partial charge in [-0.1, -0.05) is 19.8 Å². The van der Waals surface area contributed by atoms with Crippen LogP contribution in [0, 0.1) is 5.92 Å². The number of carbonyl (C=O) groups excluding carboxylic acids is 1. The number of rotatable bonds is 3. The summed E-state index contributed by atoms with van der Waals surface area (Å²) >= 11 is 0. The summed E-state index contributed by atoms with van der Waals surface area (Å²) < 4.78 is 1.86. The maximum atomic E-state index is 12.3. The summed E-state index contributed by atoms with van der Waals surface area (Å²) in [6.07, 6.45) is 11.5. The van der Waals surface area contributed by atoms with Crippen molar-refractivity contribution >= 4 is 5.91 Å². The van der Waals surface area contributed by atoms with Crippen LogP contribution in [0.4, 0.5) is 0 Å². The number of imidazole rings is 1. The van der Waals surface area contributed by atoms with Gasteiger partial charge in [0.15, 0.2) is 0 Å².